The second kappa shape index (κ2) is 10.8. The minimum atomic E-state index is 0.616. The summed E-state index contributed by atoms with van der Waals surface area (Å²) in [5, 5.41) is 2.08. The molecular weight excluding hydrogens is 444 g/mol. The average Bonchev–Trinajstić information content (AvgIpc) is 3.35. The molecule has 4 rings (SSSR count). The molecule has 0 atom stereocenters. The highest BCUT2D eigenvalue weighted by atomic mass is 16.5. The van der Waals surface area contributed by atoms with Crippen molar-refractivity contribution in [3.8, 4) is 28.7 Å². The van der Waals surface area contributed by atoms with Crippen LogP contribution in [0.3, 0.4) is 0 Å². The Kier molecular flexibility index (Phi) is 7.35. The molecule has 3 aromatic carbocycles. The van der Waals surface area contributed by atoms with Crippen LogP contribution in [0.25, 0.3) is 11.6 Å². The molecule has 7 heteroatoms. The van der Waals surface area contributed by atoms with Crippen molar-refractivity contribution in [2.45, 2.75) is 0 Å². The molecule has 0 amide bonds. The number of rotatable bonds is 9. The highest BCUT2D eigenvalue weighted by Crippen LogP contribution is 2.36. The molecule has 182 valence electrons. The monoisotopic (exact) mass is 474 g/mol. The molecule has 0 aromatic heterocycles. The first kappa shape index (κ1) is 23.9. The maximum atomic E-state index is 5.69. The zero-order valence-electron chi connectivity index (χ0n) is 20.6. The maximum Gasteiger partial charge on any atom is 0.126 e. The Morgan fingerprint density at radius 2 is 1.26 bits per heavy atom. The quantitative estimate of drug-likeness (QED) is 0.459. The van der Waals surface area contributed by atoms with Gasteiger partial charge in [-0.15, -0.1) is 0 Å². The van der Waals surface area contributed by atoms with E-state index < -0.39 is 0 Å². The van der Waals surface area contributed by atoms with Gasteiger partial charge in [-0.05, 0) is 72.8 Å². The molecule has 7 nitrogen and oxygen atoms in total. The molecule has 0 saturated carbocycles. The van der Waals surface area contributed by atoms with Crippen LogP contribution in [0.5, 0.6) is 28.7 Å². The number of allylic oxidation sites excluding steroid dienone is 1. The summed E-state index contributed by atoms with van der Waals surface area (Å²) in [7, 11) is 8.30. The van der Waals surface area contributed by atoms with Crippen molar-refractivity contribution in [1.29, 1.82) is 0 Å². The van der Waals surface area contributed by atoms with E-state index in [-0.39, 0.29) is 0 Å². The lowest BCUT2D eigenvalue weighted by Gasteiger charge is -2.20. The van der Waals surface area contributed by atoms with Crippen molar-refractivity contribution in [2.24, 2.45) is 0 Å². The van der Waals surface area contributed by atoms with Gasteiger partial charge >= 0.3 is 0 Å². The SMILES string of the molecule is COc1ccc(N2CC(c3cc(OC)ccc3OC)=C(C=Cc3cc(OC)ccc3OC)N2)cc1. The zero-order valence-corrected chi connectivity index (χ0v) is 20.6. The molecule has 1 aliphatic heterocycles. The number of benzene rings is 3. The standard InChI is InChI=1S/C28H30N2O5/c1-31-21-9-7-20(8-10-21)30-18-25(24-17-23(33-3)12-15-28(24)35-5)26(29-30)13-6-19-16-22(32-2)11-14-27(19)34-4/h6-17,29H,18H2,1-5H3. The average molecular weight is 475 g/mol. The zero-order chi connectivity index (χ0) is 24.8. The Morgan fingerprint density at radius 3 is 1.89 bits per heavy atom. The fourth-order valence-electron chi connectivity index (χ4n) is 3.97. The number of hydrazine groups is 1. The van der Waals surface area contributed by atoms with Crippen molar-refractivity contribution in [1.82, 2.24) is 5.43 Å². The van der Waals surface area contributed by atoms with E-state index in [4.69, 9.17) is 23.7 Å². The number of hydrogen-bond acceptors (Lipinski definition) is 7. The molecule has 0 aliphatic carbocycles. The molecule has 35 heavy (non-hydrogen) atoms. The third-order valence-corrected chi connectivity index (χ3v) is 5.88. The van der Waals surface area contributed by atoms with Crippen LogP contribution in [0.4, 0.5) is 5.69 Å². The Bertz CT molecular complexity index is 1230. The Hall–Kier alpha value is -4.26. The topological polar surface area (TPSA) is 61.4 Å². The van der Waals surface area contributed by atoms with Gasteiger partial charge in [-0.25, -0.2) is 0 Å². The minimum absolute atomic E-state index is 0.616. The first-order chi connectivity index (χ1) is 17.1. The summed E-state index contributed by atoms with van der Waals surface area (Å²) in [4.78, 5) is 0. The van der Waals surface area contributed by atoms with Crippen molar-refractivity contribution >= 4 is 17.3 Å². The van der Waals surface area contributed by atoms with Crippen molar-refractivity contribution < 1.29 is 23.7 Å². The summed E-state index contributed by atoms with van der Waals surface area (Å²) in [5.74, 6) is 3.85. The highest BCUT2D eigenvalue weighted by Gasteiger charge is 2.24. The van der Waals surface area contributed by atoms with Crippen LogP contribution in [0.1, 0.15) is 11.1 Å². The summed E-state index contributed by atoms with van der Waals surface area (Å²) in [5.41, 5.74) is 8.39. The number of anilines is 1. The van der Waals surface area contributed by atoms with E-state index in [1.807, 2.05) is 72.8 Å². The summed E-state index contributed by atoms with van der Waals surface area (Å²) in [6.07, 6.45) is 4.04. The second-order valence-electron chi connectivity index (χ2n) is 7.80. The first-order valence-electron chi connectivity index (χ1n) is 11.1. The number of nitrogens with zero attached hydrogens (tertiary/aromatic N) is 1. The number of methoxy groups -OCH3 is 5. The summed E-state index contributed by atoms with van der Waals surface area (Å²) >= 11 is 0. The summed E-state index contributed by atoms with van der Waals surface area (Å²) in [6.45, 7) is 0.616. The van der Waals surface area contributed by atoms with Crippen LogP contribution in [0, 0.1) is 0 Å². The molecule has 0 bridgehead atoms. The van der Waals surface area contributed by atoms with E-state index in [9.17, 15) is 0 Å². The third-order valence-electron chi connectivity index (χ3n) is 5.88. The molecule has 1 aliphatic rings. The first-order valence-corrected chi connectivity index (χ1v) is 11.1. The predicted molar refractivity (Wildman–Crippen MR) is 139 cm³/mol. The molecular formula is C28H30N2O5. The van der Waals surface area contributed by atoms with Crippen molar-refractivity contribution in [2.75, 3.05) is 47.1 Å². The molecule has 0 unspecified atom stereocenters. The van der Waals surface area contributed by atoms with E-state index in [1.165, 1.54) is 0 Å². The van der Waals surface area contributed by atoms with Gasteiger partial charge in [-0.3, -0.25) is 10.4 Å². The molecule has 0 fully saturated rings. The Labute approximate surface area is 206 Å². The largest absolute Gasteiger partial charge is 0.497 e. The summed E-state index contributed by atoms with van der Waals surface area (Å²) in [6, 6.07) is 19.4. The fraction of sp³-hybridized carbons (Fsp3) is 0.214. The van der Waals surface area contributed by atoms with Gasteiger partial charge in [0.1, 0.15) is 28.7 Å². The van der Waals surface area contributed by atoms with Crippen LogP contribution in [0.2, 0.25) is 0 Å². The van der Waals surface area contributed by atoms with Gasteiger partial charge in [0.05, 0.1) is 53.5 Å². The van der Waals surface area contributed by atoms with E-state index in [1.54, 1.807) is 35.5 Å². The highest BCUT2D eigenvalue weighted by molar-refractivity contribution is 5.82. The smallest absolute Gasteiger partial charge is 0.126 e. The van der Waals surface area contributed by atoms with E-state index in [2.05, 4.69) is 10.4 Å². The molecule has 1 N–H and O–H groups in total. The minimum Gasteiger partial charge on any atom is -0.497 e. The molecule has 3 aromatic rings. The van der Waals surface area contributed by atoms with Crippen molar-refractivity contribution in [3.63, 3.8) is 0 Å². The molecule has 0 saturated heterocycles. The van der Waals surface area contributed by atoms with Gasteiger partial charge in [0.25, 0.3) is 0 Å². The molecule has 1 heterocycles. The summed E-state index contributed by atoms with van der Waals surface area (Å²) < 4.78 is 27.5. The van der Waals surface area contributed by atoms with Gasteiger partial charge in [-0.1, -0.05) is 0 Å². The second-order valence-corrected chi connectivity index (χ2v) is 7.80. The van der Waals surface area contributed by atoms with Gasteiger partial charge in [0.15, 0.2) is 0 Å². The number of nitrogens with one attached hydrogen (secondary N) is 1. The van der Waals surface area contributed by atoms with Crippen LogP contribution >= 0.6 is 0 Å². The lowest BCUT2D eigenvalue weighted by molar-refractivity contribution is 0.402. The van der Waals surface area contributed by atoms with Gasteiger partial charge in [0, 0.05) is 16.7 Å². The Morgan fingerprint density at radius 1 is 0.657 bits per heavy atom. The molecule has 0 radical (unpaired) electrons. The number of hydrogen-bond donors (Lipinski definition) is 1. The number of ether oxygens (including phenoxy) is 5. The van der Waals surface area contributed by atoms with Crippen LogP contribution in [-0.4, -0.2) is 42.1 Å². The van der Waals surface area contributed by atoms with Crippen LogP contribution in [-0.2, 0) is 0 Å². The predicted octanol–water partition coefficient (Wildman–Crippen LogP) is 5.18. The van der Waals surface area contributed by atoms with Gasteiger partial charge in [0.2, 0.25) is 0 Å². The van der Waals surface area contributed by atoms with Crippen molar-refractivity contribution in [3.05, 3.63) is 83.6 Å². The van der Waals surface area contributed by atoms with Gasteiger partial charge in [-0.2, -0.15) is 0 Å². The maximum absolute atomic E-state index is 5.69. The normalized spacial score (nSPS) is 13.1. The van der Waals surface area contributed by atoms with E-state index in [0.29, 0.717) is 6.54 Å². The fourth-order valence-corrected chi connectivity index (χ4v) is 3.97. The lowest BCUT2D eigenvalue weighted by Crippen LogP contribution is -2.31. The van der Waals surface area contributed by atoms with Crippen LogP contribution < -0.4 is 34.1 Å². The van der Waals surface area contributed by atoms with Gasteiger partial charge < -0.3 is 23.7 Å². The Balaban J connectivity index is 1.77. The third kappa shape index (κ3) is 5.14. The van der Waals surface area contributed by atoms with Crippen LogP contribution in [0.15, 0.2) is 72.4 Å². The lowest BCUT2D eigenvalue weighted by atomic mass is 10.0. The van der Waals surface area contributed by atoms with E-state index in [0.717, 1.165) is 56.8 Å². The molecule has 0 spiro atoms. The van der Waals surface area contributed by atoms with E-state index >= 15 is 0 Å².